The van der Waals surface area contributed by atoms with Gasteiger partial charge in [0.2, 0.25) is 94.5 Å². The molecule has 0 aliphatic carbocycles. The fourth-order valence-corrected chi connectivity index (χ4v) is 17.4. The van der Waals surface area contributed by atoms with Gasteiger partial charge >= 0.3 is 17.9 Å². The quantitative estimate of drug-likeness (QED) is 0.0253. The lowest BCUT2D eigenvalue weighted by molar-refractivity contribution is -0.149. The lowest BCUT2D eigenvalue weighted by Crippen LogP contribution is -2.61. The Labute approximate surface area is 782 Å². The number of aliphatic hydroxyl groups is 2. The van der Waals surface area contributed by atoms with E-state index in [1.165, 1.54) is 56.0 Å². The number of H-pyrrole nitrogens is 1. The standard InChI is InChI=1S/C90H125N19O25S/c1-9-11-21-68-83(127)97-58(29-30-74(115)116)79(123)103-66(78(122)94-41-72(92)113)46-135-47-73(114)95-62(35-50-25-27-53(111)28-26-50)86(130)104(6)49(5)77(121)99-64(39-75(117)118)88(132)108-33-17-24-69(108)84(128)102-65(45-110)82(126)100-61(34-48(3)4)89(133)109-43-54(112)38-71(109)85(129)98-60(36-51-40-93-57-20-15-13-18-55(51)57)81(125)96-59(31-32-91)80(124)101-63(87(131)106(8)70(22-12-10-2)90(134)105(68)7)37-52-42-107(44-76(119)120)67-23-16-14-19-56(52)67/h13-16,18-20,23,25-28,40,42,48-49,54,58-66,68-71,93,110-112H,9-12,17,21-22,24,29-39,41,43-47,91H2,1-8H3,(H2,92,113)(H,94,122)(H,95,114)(H,96,125)(H,97,127)(H,98,129)(H,99,121)(H,100,126)(H,101,124)(H,102,128)(H,103,123)(H,115,116)(H,117,118)(H,119,120)/t49-,54+,58-,59-,60-,61-,62-,63-,64-,65-,66-,68-,69-,70-,71-/m0/s1. The number of phenolic OH excluding ortho intramolecular Hbond substituents is 1. The molecular weight excluding hydrogens is 1780 g/mol. The molecule has 736 valence electrons. The third-order valence-corrected chi connectivity index (χ3v) is 25.0. The fourth-order valence-electron chi connectivity index (χ4n) is 16.6. The Morgan fingerprint density at radius 2 is 1.11 bits per heavy atom. The van der Waals surface area contributed by atoms with Crippen LogP contribution in [0.1, 0.15) is 141 Å². The number of aromatic amines is 1. The van der Waals surface area contributed by atoms with Crippen LogP contribution >= 0.6 is 11.8 Å². The highest BCUT2D eigenvalue weighted by Crippen LogP contribution is 2.29. The van der Waals surface area contributed by atoms with Crippen molar-refractivity contribution in [3.8, 4) is 5.75 Å². The second-order valence-corrected chi connectivity index (χ2v) is 35.5. The van der Waals surface area contributed by atoms with Crippen LogP contribution in [-0.4, -0.2) is 333 Å². The number of nitrogens with one attached hydrogen (secondary N) is 11. The number of hydrogen-bond donors (Lipinski definition) is 19. The summed E-state index contributed by atoms with van der Waals surface area (Å²) in [7, 11) is 3.69. The largest absolute Gasteiger partial charge is 0.508 e. The molecule has 5 aromatic rings. The van der Waals surface area contributed by atoms with Gasteiger partial charge in [-0.2, -0.15) is 0 Å². The molecule has 0 saturated carbocycles. The van der Waals surface area contributed by atoms with Crippen molar-refractivity contribution in [1.82, 2.24) is 87.2 Å². The third-order valence-electron chi connectivity index (χ3n) is 23.9. The van der Waals surface area contributed by atoms with Gasteiger partial charge in [-0.05, 0) is 105 Å². The summed E-state index contributed by atoms with van der Waals surface area (Å²) in [6.07, 6.45) is -1.73. The summed E-state index contributed by atoms with van der Waals surface area (Å²) in [6.45, 7) is 4.67. The lowest BCUT2D eigenvalue weighted by atomic mass is 9.99. The van der Waals surface area contributed by atoms with Crippen molar-refractivity contribution in [3.63, 3.8) is 0 Å². The number of likely N-dealkylation sites (N-methyl/N-ethyl adjacent to an activating group) is 3. The van der Waals surface area contributed by atoms with Crippen LogP contribution < -0.4 is 64.6 Å². The molecular formula is C90H125N19O25S. The number of carboxylic acids is 3. The molecule has 5 heterocycles. The molecule has 45 heteroatoms. The summed E-state index contributed by atoms with van der Waals surface area (Å²) < 4.78 is 1.41. The number of aliphatic hydroxyl groups excluding tert-OH is 2. The van der Waals surface area contributed by atoms with Gasteiger partial charge < -0.3 is 129 Å². The van der Waals surface area contributed by atoms with Crippen LogP contribution in [0.2, 0.25) is 0 Å². The highest BCUT2D eigenvalue weighted by molar-refractivity contribution is 8.00. The number of amides is 16. The van der Waals surface area contributed by atoms with E-state index in [4.69, 9.17) is 11.5 Å². The number of aromatic nitrogens is 2. The van der Waals surface area contributed by atoms with Crippen molar-refractivity contribution in [1.29, 1.82) is 0 Å². The molecule has 3 aliphatic heterocycles. The van der Waals surface area contributed by atoms with Crippen molar-refractivity contribution in [2.75, 3.05) is 65.4 Å². The fraction of sp³-hybridized carbons (Fsp3) is 0.544. The monoisotopic (exact) mass is 1900 g/mol. The number of primary amides is 1. The number of unbranched alkanes of at least 4 members (excludes halogenated alkanes) is 2. The molecule has 3 aromatic carbocycles. The number of nitrogens with zero attached hydrogens (tertiary/aromatic N) is 6. The van der Waals surface area contributed by atoms with Gasteiger partial charge in [-0.3, -0.25) is 91.1 Å². The predicted molar refractivity (Wildman–Crippen MR) is 489 cm³/mol. The van der Waals surface area contributed by atoms with E-state index in [0.717, 1.165) is 31.5 Å². The maximum absolute atomic E-state index is 15.9. The van der Waals surface area contributed by atoms with Gasteiger partial charge in [-0.15, -0.1) is 11.8 Å². The van der Waals surface area contributed by atoms with Crippen LogP contribution in [0.4, 0.5) is 0 Å². The number of nitrogens with two attached hydrogens (primary N) is 2. The van der Waals surface area contributed by atoms with E-state index in [9.17, 15) is 88.2 Å². The Morgan fingerprint density at radius 3 is 1.76 bits per heavy atom. The SMILES string of the molecule is CCCC[C@H]1C(=O)N(C)[C@@H](CCCC)C(=O)N[C@@H](CCC(=O)O)C(=O)N[C@H](C(=O)NCC(N)=O)CSCC(=O)N[C@@H](Cc2ccc(O)cc2)C(=O)N(C)[C@@H](C)C(=O)N[C@@H](CC(=O)O)C(=O)N2CCC[C@H]2C(=O)N[C@@H](CO)C(=O)N[C@@H](CC(C)C)C(=O)N2C[C@H](O)C[C@H]2C(=O)N[C@@H](Cc2c[nH]c3ccccc23)C(=O)N[C@@H](CCN)C(=O)N[C@@H](Cc2cn(CC(=O)O)c3ccccc23)C(=O)N1C. The number of carbonyl (C=O) groups excluding carboxylic acids is 16. The summed E-state index contributed by atoms with van der Waals surface area (Å²) in [5, 5.41) is 89.2. The summed E-state index contributed by atoms with van der Waals surface area (Å²) in [6, 6.07) is -4.30. The van der Waals surface area contributed by atoms with E-state index in [1.807, 2.05) is 0 Å². The number of para-hydroxylation sites is 2. The number of rotatable bonds is 27. The van der Waals surface area contributed by atoms with E-state index < -0.39 is 279 Å². The molecule has 0 spiro atoms. The number of carbonyl (C=O) groups is 19. The molecule has 0 radical (unpaired) electrons. The van der Waals surface area contributed by atoms with Gasteiger partial charge in [-0.25, -0.2) is 0 Å². The highest BCUT2D eigenvalue weighted by Gasteiger charge is 2.47. The molecule has 16 amide bonds. The lowest BCUT2D eigenvalue weighted by Gasteiger charge is -2.36. The van der Waals surface area contributed by atoms with E-state index in [1.54, 1.807) is 82.4 Å². The minimum atomic E-state index is -1.94. The third kappa shape index (κ3) is 29.8. The number of carboxylic acid groups (broad SMARTS) is 3. The van der Waals surface area contributed by atoms with E-state index >= 15 is 33.6 Å². The Hall–Kier alpha value is -13.3. The van der Waals surface area contributed by atoms with Crippen LogP contribution in [0.15, 0.2) is 85.2 Å². The number of phenols is 1. The number of aliphatic carboxylic acids is 3. The van der Waals surface area contributed by atoms with Crippen molar-refractivity contribution >= 4 is 146 Å². The number of fused-ring (bicyclic) bond motifs is 4. The molecule has 135 heavy (non-hydrogen) atoms. The van der Waals surface area contributed by atoms with Crippen LogP contribution in [-0.2, 0) is 117 Å². The van der Waals surface area contributed by atoms with Crippen molar-refractivity contribution < 1.29 is 122 Å². The minimum Gasteiger partial charge on any atom is -0.508 e. The van der Waals surface area contributed by atoms with Crippen molar-refractivity contribution in [2.45, 2.75) is 241 Å². The second-order valence-electron chi connectivity index (χ2n) is 34.5. The van der Waals surface area contributed by atoms with Crippen molar-refractivity contribution in [2.24, 2.45) is 17.4 Å². The molecule has 0 unspecified atom stereocenters. The van der Waals surface area contributed by atoms with Gasteiger partial charge in [-0.1, -0.05) is 102 Å². The Kier molecular flexibility index (Phi) is 40.2. The van der Waals surface area contributed by atoms with Gasteiger partial charge in [0, 0.05) is 106 Å². The molecule has 44 nitrogen and oxygen atoms in total. The van der Waals surface area contributed by atoms with E-state index in [-0.39, 0.29) is 83.0 Å². The Morgan fingerprint density at radius 1 is 0.556 bits per heavy atom. The number of thioether (sulfide) groups is 1. The summed E-state index contributed by atoms with van der Waals surface area (Å²) in [4.78, 5) is 281. The van der Waals surface area contributed by atoms with Gasteiger partial charge in [0.1, 0.15) is 96.9 Å². The molecule has 2 aromatic heterocycles. The van der Waals surface area contributed by atoms with Gasteiger partial charge in [0.05, 0.1) is 31.4 Å². The average molecular weight is 1910 g/mol. The van der Waals surface area contributed by atoms with Crippen LogP contribution in [0.5, 0.6) is 5.75 Å². The zero-order chi connectivity index (χ0) is 99.4. The molecule has 3 fully saturated rings. The van der Waals surface area contributed by atoms with Gasteiger partial charge in [0.15, 0.2) is 0 Å². The average Bonchev–Trinajstić information content (AvgIpc) is 1.68. The first-order chi connectivity index (χ1) is 64.1. The molecule has 0 bridgehead atoms. The highest BCUT2D eigenvalue weighted by atomic mass is 32.2. The Balaban J connectivity index is 1.21. The normalized spacial score (nSPS) is 24.8. The Bertz CT molecular complexity index is 5130. The molecule has 21 N–H and O–H groups in total. The van der Waals surface area contributed by atoms with Gasteiger partial charge in [0.25, 0.3) is 0 Å². The molecule has 3 saturated heterocycles. The zero-order valence-electron chi connectivity index (χ0n) is 76.7. The minimum absolute atomic E-state index is 0.0913. The number of hydrogen-bond acceptors (Lipinski definition) is 24. The molecule has 15 atom stereocenters. The van der Waals surface area contributed by atoms with E-state index in [0.29, 0.717) is 63.1 Å². The molecule has 3 aliphatic rings. The predicted octanol–water partition coefficient (Wildman–Crippen LogP) is -2.79. The second kappa shape index (κ2) is 50.7. The van der Waals surface area contributed by atoms with Crippen molar-refractivity contribution in [3.05, 3.63) is 102 Å². The van der Waals surface area contributed by atoms with Crippen LogP contribution in [0.25, 0.3) is 21.8 Å². The maximum Gasteiger partial charge on any atom is 0.323 e. The maximum atomic E-state index is 15.9. The topological polar surface area (TPSA) is 655 Å². The summed E-state index contributed by atoms with van der Waals surface area (Å²) in [5.74, 6) is -22.5. The van der Waals surface area contributed by atoms with Crippen LogP contribution in [0.3, 0.4) is 0 Å². The molecule has 8 rings (SSSR count). The first-order valence-electron chi connectivity index (χ1n) is 44.9. The summed E-state index contributed by atoms with van der Waals surface area (Å²) >= 11 is 0.679. The zero-order valence-corrected chi connectivity index (χ0v) is 77.5. The van der Waals surface area contributed by atoms with E-state index in [2.05, 4.69) is 58.2 Å². The smallest absolute Gasteiger partial charge is 0.323 e. The number of benzene rings is 3. The number of aromatic hydroxyl groups is 1. The first kappa shape index (κ1) is 107. The summed E-state index contributed by atoms with van der Waals surface area (Å²) in [5.41, 5.74) is 13.8. The first-order valence-corrected chi connectivity index (χ1v) is 46.0. The van der Waals surface area contributed by atoms with Crippen LogP contribution in [0, 0.1) is 5.92 Å².